The van der Waals surface area contributed by atoms with Crippen LogP contribution in [-0.2, 0) is 0 Å². The van der Waals surface area contributed by atoms with Gasteiger partial charge in [-0.3, -0.25) is 0 Å². The maximum atomic E-state index is 5.69. The number of nitrogens with zero attached hydrogens (tertiary/aromatic N) is 4. The van der Waals surface area contributed by atoms with E-state index in [0.717, 1.165) is 22.0 Å². The minimum Gasteiger partial charge on any atom is -0.384 e. The average Bonchev–Trinajstić information content (AvgIpc) is 2.24. The van der Waals surface area contributed by atoms with Crippen LogP contribution >= 0.6 is 11.8 Å². The van der Waals surface area contributed by atoms with Gasteiger partial charge >= 0.3 is 0 Å². The van der Waals surface area contributed by atoms with Gasteiger partial charge in [-0.05, 0) is 45.0 Å². The summed E-state index contributed by atoms with van der Waals surface area (Å²) < 4.78 is 0. The number of aromatic nitrogens is 4. The average molecular weight is 261 g/mol. The number of aryl methyl sites for hydroxylation is 3. The largest absolute Gasteiger partial charge is 0.384 e. The summed E-state index contributed by atoms with van der Waals surface area (Å²) in [5.74, 6) is 1.11. The van der Waals surface area contributed by atoms with Gasteiger partial charge in [-0.25, -0.2) is 19.9 Å². The molecule has 2 rings (SSSR count). The summed E-state index contributed by atoms with van der Waals surface area (Å²) in [6, 6.07) is 1.73. The Hall–Kier alpha value is -1.69. The molecule has 0 atom stereocenters. The first-order valence-electron chi connectivity index (χ1n) is 5.56. The Labute approximate surface area is 110 Å². The molecule has 2 aromatic rings. The molecule has 0 unspecified atom stereocenters. The van der Waals surface area contributed by atoms with E-state index in [2.05, 4.69) is 19.9 Å². The van der Waals surface area contributed by atoms with Gasteiger partial charge in [0.15, 0.2) is 5.16 Å². The maximum absolute atomic E-state index is 5.69. The SMILES string of the molecule is Cc1nc(N)cc(Sc2nc(C)c(C)c(C)n2)n1. The highest BCUT2D eigenvalue weighted by molar-refractivity contribution is 7.99. The smallest absolute Gasteiger partial charge is 0.194 e. The molecule has 0 bridgehead atoms. The second-order valence-corrected chi connectivity index (χ2v) is 5.07. The van der Waals surface area contributed by atoms with Crippen molar-refractivity contribution in [1.29, 1.82) is 0 Å². The predicted molar refractivity (Wildman–Crippen MR) is 71.5 cm³/mol. The Bertz CT molecular complexity index is 554. The summed E-state index contributed by atoms with van der Waals surface area (Å²) in [6.45, 7) is 7.79. The van der Waals surface area contributed by atoms with Crippen LogP contribution in [0.1, 0.15) is 22.8 Å². The molecule has 0 saturated heterocycles. The lowest BCUT2D eigenvalue weighted by atomic mass is 10.2. The number of nitrogens with two attached hydrogens (primary N) is 1. The Morgan fingerprint density at radius 2 is 1.56 bits per heavy atom. The van der Waals surface area contributed by atoms with Gasteiger partial charge in [0, 0.05) is 17.5 Å². The second kappa shape index (κ2) is 4.89. The Morgan fingerprint density at radius 3 is 2.11 bits per heavy atom. The molecule has 0 aliphatic rings. The van der Waals surface area contributed by atoms with E-state index in [1.165, 1.54) is 11.8 Å². The Kier molecular flexibility index (Phi) is 3.47. The van der Waals surface area contributed by atoms with E-state index in [-0.39, 0.29) is 0 Å². The van der Waals surface area contributed by atoms with Crippen LogP contribution in [0.25, 0.3) is 0 Å². The molecule has 5 nitrogen and oxygen atoms in total. The topological polar surface area (TPSA) is 77.6 Å². The van der Waals surface area contributed by atoms with E-state index in [9.17, 15) is 0 Å². The van der Waals surface area contributed by atoms with E-state index in [1.54, 1.807) is 6.07 Å². The van der Waals surface area contributed by atoms with Gasteiger partial charge < -0.3 is 5.73 Å². The van der Waals surface area contributed by atoms with Crippen molar-refractivity contribution >= 4 is 17.6 Å². The van der Waals surface area contributed by atoms with Gasteiger partial charge in [0.05, 0.1) is 0 Å². The fraction of sp³-hybridized carbons (Fsp3) is 0.333. The van der Waals surface area contributed by atoms with Crippen molar-refractivity contribution in [2.75, 3.05) is 5.73 Å². The Morgan fingerprint density at radius 1 is 0.944 bits per heavy atom. The van der Waals surface area contributed by atoms with E-state index in [1.807, 2.05) is 27.7 Å². The first-order valence-corrected chi connectivity index (χ1v) is 6.38. The van der Waals surface area contributed by atoms with E-state index < -0.39 is 0 Å². The zero-order chi connectivity index (χ0) is 13.3. The van der Waals surface area contributed by atoms with Gasteiger partial charge in [0.2, 0.25) is 0 Å². The van der Waals surface area contributed by atoms with E-state index in [4.69, 9.17) is 5.73 Å². The Balaban J connectivity index is 2.34. The lowest BCUT2D eigenvalue weighted by Crippen LogP contribution is -2.00. The van der Waals surface area contributed by atoms with Crippen molar-refractivity contribution in [2.24, 2.45) is 0 Å². The number of rotatable bonds is 2. The fourth-order valence-electron chi connectivity index (χ4n) is 1.50. The zero-order valence-corrected chi connectivity index (χ0v) is 11.7. The molecule has 2 aromatic heterocycles. The third-order valence-electron chi connectivity index (χ3n) is 2.64. The maximum Gasteiger partial charge on any atom is 0.194 e. The number of anilines is 1. The van der Waals surface area contributed by atoms with Crippen LogP contribution in [0.15, 0.2) is 16.2 Å². The fourth-order valence-corrected chi connectivity index (χ4v) is 2.40. The molecular weight excluding hydrogens is 246 g/mol. The first-order chi connectivity index (χ1) is 8.45. The van der Waals surface area contributed by atoms with Gasteiger partial charge in [-0.2, -0.15) is 0 Å². The molecule has 0 fully saturated rings. The molecule has 0 amide bonds. The minimum absolute atomic E-state index is 0.463. The van der Waals surface area contributed by atoms with Crippen LogP contribution in [-0.4, -0.2) is 19.9 Å². The highest BCUT2D eigenvalue weighted by Crippen LogP contribution is 2.25. The van der Waals surface area contributed by atoms with Crippen molar-refractivity contribution in [1.82, 2.24) is 19.9 Å². The quantitative estimate of drug-likeness (QED) is 0.660. The molecule has 0 aliphatic heterocycles. The minimum atomic E-state index is 0.463. The molecule has 2 N–H and O–H groups in total. The van der Waals surface area contributed by atoms with Crippen LogP contribution in [0.5, 0.6) is 0 Å². The van der Waals surface area contributed by atoms with Gasteiger partial charge in [0.1, 0.15) is 16.7 Å². The van der Waals surface area contributed by atoms with Crippen LogP contribution in [0.2, 0.25) is 0 Å². The molecule has 94 valence electrons. The van der Waals surface area contributed by atoms with E-state index in [0.29, 0.717) is 16.8 Å². The monoisotopic (exact) mass is 261 g/mol. The molecule has 6 heteroatoms. The van der Waals surface area contributed by atoms with Gasteiger partial charge in [-0.15, -0.1) is 0 Å². The van der Waals surface area contributed by atoms with Crippen LogP contribution in [0.3, 0.4) is 0 Å². The lowest BCUT2D eigenvalue weighted by Gasteiger charge is -2.06. The molecule has 18 heavy (non-hydrogen) atoms. The summed E-state index contributed by atoms with van der Waals surface area (Å²) in [5, 5.41) is 1.45. The summed E-state index contributed by atoms with van der Waals surface area (Å²) in [4.78, 5) is 17.2. The van der Waals surface area contributed by atoms with Crippen molar-refractivity contribution in [3.8, 4) is 0 Å². The van der Waals surface area contributed by atoms with Crippen LogP contribution in [0, 0.1) is 27.7 Å². The van der Waals surface area contributed by atoms with Gasteiger partial charge in [-0.1, -0.05) is 0 Å². The highest BCUT2D eigenvalue weighted by Gasteiger charge is 2.08. The zero-order valence-electron chi connectivity index (χ0n) is 10.9. The molecule has 2 heterocycles. The normalized spacial score (nSPS) is 10.7. The second-order valence-electron chi connectivity index (χ2n) is 4.08. The van der Waals surface area contributed by atoms with Crippen LogP contribution < -0.4 is 5.73 Å². The van der Waals surface area contributed by atoms with Crippen LogP contribution in [0.4, 0.5) is 5.82 Å². The molecule has 0 aromatic carbocycles. The standard InChI is InChI=1S/C12H15N5S/c1-6-7(2)14-12(15-8(6)3)18-11-5-10(13)16-9(4)17-11/h5H,1-4H3,(H2,13,16,17). The van der Waals surface area contributed by atoms with Crippen molar-refractivity contribution in [3.05, 3.63) is 28.8 Å². The molecule has 0 radical (unpaired) electrons. The van der Waals surface area contributed by atoms with Crippen molar-refractivity contribution in [3.63, 3.8) is 0 Å². The van der Waals surface area contributed by atoms with E-state index >= 15 is 0 Å². The molecular formula is C12H15N5S. The molecule has 0 aliphatic carbocycles. The van der Waals surface area contributed by atoms with Crippen molar-refractivity contribution < 1.29 is 0 Å². The predicted octanol–water partition coefficient (Wildman–Crippen LogP) is 2.23. The summed E-state index contributed by atoms with van der Waals surface area (Å²) in [7, 11) is 0. The van der Waals surface area contributed by atoms with Gasteiger partial charge in [0.25, 0.3) is 0 Å². The lowest BCUT2D eigenvalue weighted by molar-refractivity contribution is 0.875. The summed E-state index contributed by atoms with van der Waals surface area (Å²) in [5.41, 5.74) is 8.79. The number of nitrogen functional groups attached to an aromatic ring is 1. The highest BCUT2D eigenvalue weighted by atomic mass is 32.2. The molecule has 0 saturated carbocycles. The first kappa shape index (κ1) is 12.8. The van der Waals surface area contributed by atoms with Crippen molar-refractivity contribution in [2.45, 2.75) is 37.9 Å². The molecule has 0 spiro atoms. The number of hydrogen-bond acceptors (Lipinski definition) is 6. The third-order valence-corrected chi connectivity index (χ3v) is 3.43. The summed E-state index contributed by atoms with van der Waals surface area (Å²) in [6.07, 6.45) is 0. The third kappa shape index (κ3) is 2.76. The number of hydrogen-bond donors (Lipinski definition) is 1. The summed E-state index contributed by atoms with van der Waals surface area (Å²) >= 11 is 1.40.